The number of hydrazine groups is 1. The lowest BCUT2D eigenvalue weighted by Crippen LogP contribution is -2.44. The van der Waals surface area contributed by atoms with Crippen molar-refractivity contribution in [2.45, 2.75) is 38.0 Å². The molecular weight excluding hydrogens is 380 g/mol. The zero-order chi connectivity index (χ0) is 19.6. The molecule has 2 heterocycles. The van der Waals surface area contributed by atoms with Gasteiger partial charge in [0.25, 0.3) is 11.8 Å². The fourth-order valence-corrected chi connectivity index (χ4v) is 4.50. The van der Waals surface area contributed by atoms with Gasteiger partial charge >= 0.3 is 0 Å². The highest BCUT2D eigenvalue weighted by molar-refractivity contribution is 8.00. The third kappa shape index (κ3) is 4.28. The number of hydrogen-bond donors (Lipinski definition) is 2. The van der Waals surface area contributed by atoms with E-state index in [2.05, 4.69) is 20.8 Å². The zero-order valence-corrected chi connectivity index (χ0v) is 17.1. The van der Waals surface area contributed by atoms with Crippen LogP contribution >= 0.6 is 23.1 Å². The van der Waals surface area contributed by atoms with E-state index in [4.69, 9.17) is 0 Å². The van der Waals surface area contributed by atoms with Gasteiger partial charge in [0.05, 0.1) is 5.25 Å². The number of nitrogens with zero attached hydrogens (tertiary/aromatic N) is 2. The van der Waals surface area contributed by atoms with Crippen LogP contribution in [0.2, 0.25) is 0 Å². The minimum absolute atomic E-state index is 0.295. The van der Waals surface area contributed by atoms with Gasteiger partial charge in [0.2, 0.25) is 0 Å². The van der Waals surface area contributed by atoms with E-state index in [1.165, 1.54) is 23.0 Å². The number of aromatic nitrogens is 2. The predicted octanol–water partition coefficient (Wildman–Crippen LogP) is 3.56. The highest BCUT2D eigenvalue weighted by Crippen LogP contribution is 2.35. The molecule has 3 rings (SSSR count). The Kier molecular flexibility index (Phi) is 5.76. The Morgan fingerprint density at radius 2 is 1.78 bits per heavy atom. The van der Waals surface area contributed by atoms with Crippen molar-refractivity contribution < 1.29 is 9.59 Å². The number of thioether (sulfide) groups is 1. The van der Waals surface area contributed by atoms with Crippen LogP contribution in [0.5, 0.6) is 0 Å². The number of amides is 2. The van der Waals surface area contributed by atoms with Crippen molar-refractivity contribution in [3.63, 3.8) is 0 Å². The minimum Gasteiger partial charge on any atom is -0.272 e. The van der Waals surface area contributed by atoms with Gasteiger partial charge in [0.1, 0.15) is 16.2 Å². The van der Waals surface area contributed by atoms with Gasteiger partial charge in [-0.1, -0.05) is 29.5 Å². The Bertz CT molecular complexity index is 999. The van der Waals surface area contributed by atoms with Crippen LogP contribution in [-0.2, 0) is 4.79 Å². The molecule has 0 unspecified atom stereocenters. The minimum atomic E-state index is -0.430. The van der Waals surface area contributed by atoms with E-state index in [1.54, 1.807) is 30.4 Å². The number of rotatable bonds is 4. The van der Waals surface area contributed by atoms with E-state index in [0.717, 1.165) is 26.4 Å². The van der Waals surface area contributed by atoms with Crippen molar-refractivity contribution in [1.29, 1.82) is 0 Å². The first-order valence-electron chi connectivity index (χ1n) is 8.41. The van der Waals surface area contributed by atoms with E-state index in [9.17, 15) is 9.59 Å². The summed E-state index contributed by atoms with van der Waals surface area (Å²) in [4.78, 5) is 35.3. The summed E-state index contributed by atoms with van der Waals surface area (Å²) in [5.41, 5.74) is 7.63. The first-order valence-corrected chi connectivity index (χ1v) is 10.1. The van der Waals surface area contributed by atoms with Crippen molar-refractivity contribution >= 4 is 45.1 Å². The average Bonchev–Trinajstić information content (AvgIpc) is 2.95. The summed E-state index contributed by atoms with van der Waals surface area (Å²) in [6.45, 7) is 7.81. The number of carbonyl (C=O) groups is 2. The van der Waals surface area contributed by atoms with E-state index >= 15 is 0 Å². The zero-order valence-electron chi connectivity index (χ0n) is 15.5. The van der Waals surface area contributed by atoms with Gasteiger partial charge in [-0.3, -0.25) is 20.4 Å². The van der Waals surface area contributed by atoms with Crippen LogP contribution in [0.1, 0.15) is 33.3 Å². The quantitative estimate of drug-likeness (QED) is 0.397. The molecule has 0 radical (unpaired) electrons. The van der Waals surface area contributed by atoms with Crippen LogP contribution in [0.3, 0.4) is 0 Å². The molecule has 0 saturated heterocycles. The third-order valence-corrected chi connectivity index (χ3v) is 6.42. The molecule has 0 aliphatic carbocycles. The number of fused-ring (bicyclic) bond motifs is 1. The van der Waals surface area contributed by atoms with Crippen molar-refractivity contribution in [1.82, 2.24) is 20.8 Å². The van der Waals surface area contributed by atoms with Crippen molar-refractivity contribution in [2.75, 3.05) is 0 Å². The summed E-state index contributed by atoms with van der Waals surface area (Å²) in [6, 6.07) is 7.13. The fourth-order valence-electron chi connectivity index (χ4n) is 2.46. The van der Waals surface area contributed by atoms with Gasteiger partial charge < -0.3 is 0 Å². The van der Waals surface area contributed by atoms with E-state index in [-0.39, 0.29) is 11.8 Å². The van der Waals surface area contributed by atoms with E-state index in [1.807, 2.05) is 32.9 Å². The molecule has 8 heteroatoms. The summed E-state index contributed by atoms with van der Waals surface area (Å²) in [5.74, 6) is -0.647. The second kappa shape index (κ2) is 8.06. The van der Waals surface area contributed by atoms with Gasteiger partial charge in [-0.15, -0.1) is 11.3 Å². The van der Waals surface area contributed by atoms with Gasteiger partial charge in [0, 0.05) is 15.8 Å². The van der Waals surface area contributed by atoms with Gasteiger partial charge in [0.15, 0.2) is 0 Å². The molecule has 140 valence electrons. The maximum absolute atomic E-state index is 12.4. The average molecular weight is 401 g/mol. The monoisotopic (exact) mass is 400 g/mol. The summed E-state index contributed by atoms with van der Waals surface area (Å²) < 4.78 is 0. The number of hydrogen-bond acceptors (Lipinski definition) is 6. The predicted molar refractivity (Wildman–Crippen MR) is 109 cm³/mol. The Hall–Kier alpha value is -2.45. The molecule has 1 atom stereocenters. The Labute approximate surface area is 165 Å². The van der Waals surface area contributed by atoms with Crippen LogP contribution in [0.25, 0.3) is 10.2 Å². The van der Waals surface area contributed by atoms with Gasteiger partial charge in [-0.05, 0) is 45.4 Å². The normalized spacial score (nSPS) is 12.0. The Morgan fingerprint density at radius 1 is 1.07 bits per heavy atom. The van der Waals surface area contributed by atoms with Crippen LogP contribution in [0.15, 0.2) is 35.6 Å². The third-order valence-electron chi connectivity index (χ3n) is 4.20. The lowest BCUT2D eigenvalue weighted by atomic mass is 10.1. The molecule has 2 N–H and O–H groups in total. The summed E-state index contributed by atoms with van der Waals surface area (Å²) in [5, 5.41) is 1.34. The van der Waals surface area contributed by atoms with Crippen molar-refractivity contribution in [3.05, 3.63) is 52.2 Å². The maximum Gasteiger partial charge on any atom is 0.269 e. The number of carbonyl (C=O) groups excluding carboxylic acids is 2. The number of thiophene rings is 1. The molecule has 2 aromatic heterocycles. The molecule has 0 spiro atoms. The highest BCUT2D eigenvalue weighted by atomic mass is 32.2. The van der Waals surface area contributed by atoms with Crippen LogP contribution in [0, 0.1) is 20.8 Å². The molecule has 2 amide bonds. The lowest BCUT2D eigenvalue weighted by Gasteiger charge is -2.13. The SMILES string of the molecule is Cc1ccc(C(=O)NNC(=O)[C@H](C)Sc2ncnc3sc(C)c(C)c23)cc1. The Balaban J connectivity index is 1.64. The molecule has 0 fully saturated rings. The molecule has 0 bridgehead atoms. The van der Waals surface area contributed by atoms with Gasteiger partial charge in [-0.2, -0.15) is 0 Å². The lowest BCUT2D eigenvalue weighted by molar-refractivity contribution is -0.121. The number of benzene rings is 1. The molecule has 0 saturated carbocycles. The maximum atomic E-state index is 12.4. The second-order valence-electron chi connectivity index (χ2n) is 6.21. The molecule has 27 heavy (non-hydrogen) atoms. The molecule has 6 nitrogen and oxygen atoms in total. The summed E-state index contributed by atoms with van der Waals surface area (Å²) >= 11 is 2.97. The first kappa shape index (κ1) is 19.3. The molecule has 1 aromatic carbocycles. The Morgan fingerprint density at radius 3 is 2.48 bits per heavy atom. The van der Waals surface area contributed by atoms with E-state index in [0.29, 0.717) is 5.56 Å². The summed E-state index contributed by atoms with van der Waals surface area (Å²) in [7, 11) is 0. The van der Waals surface area contributed by atoms with Crippen LogP contribution < -0.4 is 10.9 Å². The van der Waals surface area contributed by atoms with E-state index < -0.39 is 5.25 Å². The van der Waals surface area contributed by atoms with Crippen molar-refractivity contribution in [2.24, 2.45) is 0 Å². The highest BCUT2D eigenvalue weighted by Gasteiger charge is 2.20. The first-order chi connectivity index (χ1) is 12.9. The topological polar surface area (TPSA) is 84.0 Å². The van der Waals surface area contributed by atoms with Crippen LogP contribution in [0.4, 0.5) is 0 Å². The fraction of sp³-hybridized carbons (Fsp3) is 0.263. The van der Waals surface area contributed by atoms with Gasteiger partial charge in [-0.25, -0.2) is 9.97 Å². The molecular formula is C19H20N4O2S2. The second-order valence-corrected chi connectivity index (χ2v) is 8.74. The largest absolute Gasteiger partial charge is 0.272 e. The summed E-state index contributed by atoms with van der Waals surface area (Å²) in [6.07, 6.45) is 1.52. The molecule has 0 aliphatic rings. The molecule has 3 aromatic rings. The van der Waals surface area contributed by atoms with Crippen molar-refractivity contribution in [3.8, 4) is 0 Å². The number of nitrogens with one attached hydrogen (secondary N) is 2. The number of aryl methyl sites for hydroxylation is 3. The standard InChI is InChI=1S/C19H20N4O2S2/c1-10-5-7-14(8-6-10)17(25)23-22-16(24)13(4)27-19-15-11(2)12(3)26-18(15)20-9-21-19/h5-9,13H,1-4H3,(H,22,24)(H,23,25)/t13-/m0/s1. The molecule has 0 aliphatic heterocycles. The smallest absolute Gasteiger partial charge is 0.269 e. The van der Waals surface area contributed by atoms with Crippen LogP contribution in [-0.4, -0.2) is 27.0 Å².